The van der Waals surface area contributed by atoms with Gasteiger partial charge in [-0.3, -0.25) is 9.78 Å². The summed E-state index contributed by atoms with van der Waals surface area (Å²) in [5.41, 5.74) is 3.36. The van der Waals surface area contributed by atoms with Gasteiger partial charge in [-0.25, -0.2) is 4.79 Å². The van der Waals surface area contributed by atoms with E-state index in [1.807, 2.05) is 71.0 Å². The summed E-state index contributed by atoms with van der Waals surface area (Å²) in [7, 11) is 0. The summed E-state index contributed by atoms with van der Waals surface area (Å²) in [5, 5.41) is 12.8. The SMILES string of the molecule is CC(C)(C)OC(=O)NC1CCC1c1nc2c(cc1-c1ccccc1)C(=O)C(=CO)C(C)(C)C2. The van der Waals surface area contributed by atoms with Crippen molar-refractivity contribution in [3.05, 3.63) is 65.2 Å². The predicted octanol–water partition coefficient (Wildman–Crippen LogP) is 5.73. The van der Waals surface area contributed by atoms with Crippen molar-refractivity contribution in [2.24, 2.45) is 5.41 Å². The first-order valence-electron chi connectivity index (χ1n) is 11.5. The number of Topliss-reactive ketones (excluding diaryl/α,β-unsaturated/α-hetero) is 1. The van der Waals surface area contributed by atoms with Crippen LogP contribution in [0.2, 0.25) is 0 Å². The average Bonchev–Trinajstić information content (AvgIpc) is 2.70. The zero-order valence-electron chi connectivity index (χ0n) is 19.9. The molecule has 6 heteroatoms. The van der Waals surface area contributed by atoms with E-state index in [1.54, 1.807) is 0 Å². The quantitative estimate of drug-likeness (QED) is 0.463. The standard InChI is InChI=1S/C27H32N2O4/c1-26(2,3)33-25(32)29-21-12-11-17(21)23-18(16-9-7-6-8-10-16)13-19-22(28-23)14-27(4,5)20(15-30)24(19)31/h6-10,13,15,17,21,30H,11-12,14H2,1-5H3,(H,29,32). The number of ketones is 1. The number of rotatable bonds is 3. The number of pyridine rings is 1. The van der Waals surface area contributed by atoms with E-state index in [9.17, 15) is 14.7 Å². The van der Waals surface area contributed by atoms with Gasteiger partial charge in [-0.05, 0) is 51.7 Å². The van der Waals surface area contributed by atoms with Crippen molar-refractivity contribution >= 4 is 11.9 Å². The van der Waals surface area contributed by atoms with Crippen molar-refractivity contribution in [3.63, 3.8) is 0 Å². The molecule has 1 fully saturated rings. The first kappa shape index (κ1) is 23.0. The van der Waals surface area contributed by atoms with Crippen LogP contribution in [0.4, 0.5) is 4.79 Å². The number of aromatic nitrogens is 1. The maximum absolute atomic E-state index is 13.2. The van der Waals surface area contributed by atoms with Crippen LogP contribution in [-0.4, -0.2) is 33.6 Å². The van der Waals surface area contributed by atoms with Gasteiger partial charge in [0, 0.05) is 34.1 Å². The van der Waals surface area contributed by atoms with E-state index in [2.05, 4.69) is 5.32 Å². The van der Waals surface area contributed by atoms with Gasteiger partial charge in [0.25, 0.3) is 0 Å². The minimum absolute atomic E-state index is 0.0334. The van der Waals surface area contributed by atoms with Crippen LogP contribution < -0.4 is 5.32 Å². The highest BCUT2D eigenvalue weighted by Gasteiger charge is 2.41. The molecule has 2 unspecified atom stereocenters. The molecular formula is C27H32N2O4. The van der Waals surface area contributed by atoms with Gasteiger partial charge in [-0.1, -0.05) is 44.2 Å². The number of nitrogens with zero attached hydrogens (tertiary/aromatic N) is 1. The molecule has 1 heterocycles. The molecule has 1 aromatic heterocycles. The smallest absolute Gasteiger partial charge is 0.407 e. The average molecular weight is 449 g/mol. The fraction of sp³-hybridized carbons (Fsp3) is 0.444. The van der Waals surface area contributed by atoms with Crippen LogP contribution in [0.1, 0.15) is 75.1 Å². The van der Waals surface area contributed by atoms with E-state index >= 15 is 0 Å². The molecule has 0 spiro atoms. The van der Waals surface area contributed by atoms with E-state index in [-0.39, 0.29) is 17.7 Å². The fourth-order valence-corrected chi connectivity index (χ4v) is 4.69. The van der Waals surface area contributed by atoms with Gasteiger partial charge in [0.15, 0.2) is 5.78 Å². The minimum atomic E-state index is -0.563. The van der Waals surface area contributed by atoms with Crippen LogP contribution in [0.15, 0.2) is 48.2 Å². The largest absolute Gasteiger partial charge is 0.515 e. The number of allylic oxidation sites excluding steroid dienone is 1. The molecule has 1 aromatic carbocycles. The van der Waals surface area contributed by atoms with Gasteiger partial charge in [0.05, 0.1) is 17.6 Å². The van der Waals surface area contributed by atoms with Crippen LogP contribution in [0.25, 0.3) is 11.1 Å². The summed E-state index contributed by atoms with van der Waals surface area (Å²) in [5.74, 6) is -0.150. The fourth-order valence-electron chi connectivity index (χ4n) is 4.69. The van der Waals surface area contributed by atoms with Crippen LogP contribution in [0.3, 0.4) is 0 Å². The molecule has 1 saturated carbocycles. The Labute approximate surface area is 195 Å². The molecule has 33 heavy (non-hydrogen) atoms. The zero-order valence-corrected chi connectivity index (χ0v) is 19.9. The summed E-state index contributed by atoms with van der Waals surface area (Å²) in [6.45, 7) is 9.42. The summed E-state index contributed by atoms with van der Waals surface area (Å²) >= 11 is 0. The van der Waals surface area contributed by atoms with Gasteiger partial charge in [-0.15, -0.1) is 0 Å². The van der Waals surface area contributed by atoms with Crippen LogP contribution >= 0.6 is 0 Å². The normalized spacial score (nSPS) is 22.9. The highest BCUT2D eigenvalue weighted by molar-refractivity contribution is 6.11. The lowest BCUT2D eigenvalue weighted by molar-refractivity contribution is 0.0465. The molecule has 1 amide bonds. The number of hydrogen-bond acceptors (Lipinski definition) is 5. The third-order valence-electron chi connectivity index (χ3n) is 6.50. The molecule has 0 aliphatic heterocycles. The number of ether oxygens (including phenoxy) is 1. The van der Waals surface area contributed by atoms with Gasteiger partial charge in [-0.2, -0.15) is 0 Å². The number of amides is 1. The van der Waals surface area contributed by atoms with Gasteiger partial charge >= 0.3 is 6.09 Å². The van der Waals surface area contributed by atoms with E-state index in [1.165, 1.54) is 0 Å². The minimum Gasteiger partial charge on any atom is -0.515 e. The molecule has 0 saturated heterocycles. The summed E-state index contributed by atoms with van der Waals surface area (Å²) < 4.78 is 5.45. The Balaban J connectivity index is 1.75. The second-order valence-corrected chi connectivity index (χ2v) is 10.7. The van der Waals surface area contributed by atoms with Crippen molar-refractivity contribution in [2.45, 2.75) is 71.4 Å². The molecule has 2 aromatic rings. The summed E-state index contributed by atoms with van der Waals surface area (Å²) in [6, 6.07) is 11.7. The molecule has 2 N–H and O–H groups in total. The summed E-state index contributed by atoms with van der Waals surface area (Å²) in [4.78, 5) is 30.6. The number of nitrogens with one attached hydrogen (secondary N) is 1. The predicted molar refractivity (Wildman–Crippen MR) is 127 cm³/mol. The monoisotopic (exact) mass is 448 g/mol. The number of alkyl carbamates (subject to hydrolysis) is 1. The molecule has 0 radical (unpaired) electrons. The topological polar surface area (TPSA) is 88.5 Å². The maximum Gasteiger partial charge on any atom is 0.407 e. The number of aliphatic hydroxyl groups excluding tert-OH is 1. The van der Waals surface area contributed by atoms with E-state index in [4.69, 9.17) is 9.72 Å². The number of carbonyl (C=O) groups excluding carboxylic acids is 2. The van der Waals surface area contributed by atoms with Crippen LogP contribution in [-0.2, 0) is 11.2 Å². The maximum atomic E-state index is 13.2. The Hall–Kier alpha value is -3.15. The Kier molecular flexibility index (Phi) is 5.81. The van der Waals surface area contributed by atoms with E-state index < -0.39 is 17.1 Å². The highest BCUT2D eigenvalue weighted by atomic mass is 16.6. The first-order chi connectivity index (χ1) is 15.5. The zero-order chi connectivity index (χ0) is 24.0. The Bertz CT molecular complexity index is 1110. The van der Waals surface area contributed by atoms with Crippen molar-refractivity contribution in [3.8, 4) is 11.1 Å². The Morgan fingerprint density at radius 3 is 2.45 bits per heavy atom. The van der Waals surface area contributed by atoms with Crippen molar-refractivity contribution < 1.29 is 19.4 Å². The third-order valence-corrected chi connectivity index (χ3v) is 6.50. The van der Waals surface area contributed by atoms with Gasteiger partial charge in [0.2, 0.25) is 0 Å². The number of fused-ring (bicyclic) bond motifs is 1. The lowest BCUT2D eigenvalue weighted by Crippen LogP contribution is -2.47. The van der Waals surface area contributed by atoms with E-state index in [0.29, 0.717) is 17.6 Å². The molecule has 0 bridgehead atoms. The third kappa shape index (κ3) is 4.52. The first-order valence-corrected chi connectivity index (χ1v) is 11.5. The highest BCUT2D eigenvalue weighted by Crippen LogP contribution is 2.44. The molecule has 2 atom stereocenters. The molecule has 174 valence electrons. The second-order valence-electron chi connectivity index (χ2n) is 10.7. The van der Waals surface area contributed by atoms with Crippen LogP contribution in [0, 0.1) is 5.41 Å². The van der Waals surface area contributed by atoms with Gasteiger partial charge < -0.3 is 15.2 Å². The lowest BCUT2D eigenvalue weighted by Gasteiger charge is -2.39. The van der Waals surface area contributed by atoms with Gasteiger partial charge in [0.1, 0.15) is 5.60 Å². The lowest BCUT2D eigenvalue weighted by atomic mass is 9.70. The number of carbonyl (C=O) groups is 2. The molecule has 2 aliphatic rings. The summed E-state index contributed by atoms with van der Waals surface area (Å²) in [6.07, 6.45) is 2.81. The molecule has 6 nitrogen and oxygen atoms in total. The number of benzene rings is 1. The van der Waals surface area contributed by atoms with Crippen molar-refractivity contribution in [1.29, 1.82) is 0 Å². The molecule has 4 rings (SSSR count). The Morgan fingerprint density at radius 1 is 1.18 bits per heavy atom. The number of hydrogen-bond donors (Lipinski definition) is 2. The molecular weight excluding hydrogens is 416 g/mol. The second kappa shape index (κ2) is 8.32. The molecule has 2 aliphatic carbocycles. The van der Waals surface area contributed by atoms with Crippen molar-refractivity contribution in [2.75, 3.05) is 0 Å². The Morgan fingerprint density at radius 2 is 1.88 bits per heavy atom. The van der Waals surface area contributed by atoms with E-state index in [0.717, 1.165) is 41.6 Å². The number of aliphatic hydroxyl groups is 1. The van der Waals surface area contributed by atoms with Crippen molar-refractivity contribution in [1.82, 2.24) is 10.3 Å². The van der Waals surface area contributed by atoms with Crippen LogP contribution in [0.5, 0.6) is 0 Å².